The van der Waals surface area contributed by atoms with E-state index in [2.05, 4.69) is 130 Å². The van der Waals surface area contributed by atoms with E-state index in [4.69, 9.17) is 9.98 Å². The Morgan fingerprint density at radius 2 is 1.17 bits per heavy atom. The lowest BCUT2D eigenvalue weighted by atomic mass is 10.1. The highest BCUT2D eigenvalue weighted by Gasteiger charge is 2.26. The van der Waals surface area contributed by atoms with E-state index in [9.17, 15) is 0 Å². The van der Waals surface area contributed by atoms with E-state index in [1.165, 1.54) is 38.0 Å². The molecule has 0 saturated carbocycles. The predicted octanol–water partition coefficient (Wildman–Crippen LogP) is 9.50. The number of hydrogen-bond donors (Lipinski definition) is 2. The molecule has 7 aromatic rings. The highest BCUT2D eigenvalue weighted by atomic mass is 32.2. The van der Waals surface area contributed by atoms with Crippen molar-refractivity contribution in [3.8, 4) is 5.69 Å². The smallest absolute Gasteiger partial charge is 0.169 e. The lowest BCUT2D eigenvalue weighted by Crippen LogP contribution is -2.36. The third-order valence-electron chi connectivity index (χ3n) is 8.67. The van der Waals surface area contributed by atoms with Gasteiger partial charge >= 0.3 is 0 Å². The Morgan fingerprint density at radius 3 is 1.89 bits per heavy atom. The van der Waals surface area contributed by atoms with Crippen LogP contribution in [0.5, 0.6) is 0 Å². The molecule has 3 heterocycles. The van der Waals surface area contributed by atoms with Crippen LogP contribution in [-0.2, 0) is 0 Å². The van der Waals surface area contributed by atoms with Gasteiger partial charge < -0.3 is 15.2 Å². The molecule has 1 unspecified atom stereocenters. The number of para-hydroxylation sites is 1. The minimum Gasteiger partial charge on any atom is -0.368 e. The summed E-state index contributed by atoms with van der Waals surface area (Å²) in [6.07, 6.45) is -0.395. The van der Waals surface area contributed by atoms with E-state index < -0.39 is 6.17 Å². The molecule has 0 bridgehead atoms. The largest absolute Gasteiger partial charge is 0.368 e. The number of thioether (sulfide) groups is 1. The zero-order valence-electron chi connectivity index (χ0n) is 24.8. The topological polar surface area (TPSA) is 53.7 Å². The van der Waals surface area contributed by atoms with Crippen LogP contribution < -0.4 is 10.6 Å². The van der Waals surface area contributed by atoms with E-state index in [0.717, 1.165) is 34.0 Å². The first-order chi connectivity index (χ1) is 22.8. The third-order valence-corrected chi connectivity index (χ3v) is 9.89. The number of hydrogen-bond acceptors (Lipinski definition) is 5. The Labute approximate surface area is 271 Å². The molecule has 6 aromatic carbocycles. The molecule has 46 heavy (non-hydrogen) atoms. The molecule has 0 saturated heterocycles. The summed E-state index contributed by atoms with van der Waals surface area (Å²) in [7, 11) is 0. The first-order valence-corrected chi connectivity index (χ1v) is 16.4. The molecule has 0 aliphatic carbocycles. The fourth-order valence-electron chi connectivity index (χ4n) is 6.47. The van der Waals surface area contributed by atoms with E-state index in [1.54, 1.807) is 0 Å². The summed E-state index contributed by atoms with van der Waals surface area (Å²) >= 11 is 1.88. The number of aliphatic imine (C=N–C) groups is 2. The van der Waals surface area contributed by atoms with Crippen molar-refractivity contribution in [1.29, 1.82) is 0 Å². The van der Waals surface area contributed by atoms with Crippen molar-refractivity contribution in [1.82, 2.24) is 9.88 Å². The molecule has 0 amide bonds. The molecule has 1 aromatic heterocycles. The quantitative estimate of drug-likeness (QED) is 0.204. The van der Waals surface area contributed by atoms with Crippen molar-refractivity contribution in [2.75, 3.05) is 5.32 Å². The molecule has 0 spiro atoms. The van der Waals surface area contributed by atoms with Gasteiger partial charge in [0.25, 0.3) is 0 Å². The molecular weight excluding hydrogens is 583 g/mol. The van der Waals surface area contributed by atoms with Crippen LogP contribution in [-0.4, -0.2) is 16.2 Å². The number of aromatic nitrogens is 1. The summed E-state index contributed by atoms with van der Waals surface area (Å²) in [5.41, 5.74) is 8.97. The Kier molecular flexibility index (Phi) is 6.46. The number of amidine groups is 2. The van der Waals surface area contributed by atoms with Gasteiger partial charge in [0, 0.05) is 38.0 Å². The maximum atomic E-state index is 5.13. The van der Waals surface area contributed by atoms with Crippen molar-refractivity contribution < 1.29 is 0 Å². The first-order valence-electron chi connectivity index (χ1n) is 15.5. The van der Waals surface area contributed by atoms with Crippen LogP contribution in [0.4, 0.5) is 5.69 Å². The van der Waals surface area contributed by atoms with E-state index in [-0.39, 0.29) is 5.37 Å². The summed E-state index contributed by atoms with van der Waals surface area (Å²) < 4.78 is 2.38. The summed E-state index contributed by atoms with van der Waals surface area (Å²) in [5, 5.41) is 9.96. The second-order valence-corrected chi connectivity index (χ2v) is 12.7. The van der Waals surface area contributed by atoms with Gasteiger partial charge in [-0.2, -0.15) is 0 Å². The number of benzene rings is 6. The average molecular weight is 612 g/mol. The number of nitrogens with zero attached hydrogens (tertiary/aromatic N) is 3. The summed E-state index contributed by atoms with van der Waals surface area (Å²) in [6, 6.07) is 53.2. The van der Waals surface area contributed by atoms with Crippen LogP contribution >= 0.6 is 11.8 Å². The molecule has 9 rings (SSSR count). The van der Waals surface area contributed by atoms with Crippen LogP contribution in [0.25, 0.3) is 27.5 Å². The molecule has 1 atom stereocenters. The SMILES string of the molecule is c1ccc(C2=NC(c3cccc(-n4c5ccccc5c5cc6c(cc54)NC(c4ccccc4)S6)c3)N=C(c3ccccc3)N2)cc1. The van der Waals surface area contributed by atoms with Crippen LogP contribution in [0.2, 0.25) is 0 Å². The van der Waals surface area contributed by atoms with E-state index in [0.29, 0.717) is 0 Å². The lowest BCUT2D eigenvalue weighted by Gasteiger charge is -2.22. The van der Waals surface area contributed by atoms with Gasteiger partial charge in [0.2, 0.25) is 0 Å². The number of rotatable bonds is 5. The maximum Gasteiger partial charge on any atom is 0.169 e. The summed E-state index contributed by atoms with van der Waals surface area (Å²) in [5.74, 6) is 1.63. The first kappa shape index (κ1) is 26.8. The van der Waals surface area contributed by atoms with Gasteiger partial charge in [-0.25, -0.2) is 9.98 Å². The Hall–Kier alpha value is -5.59. The molecule has 0 fully saturated rings. The molecule has 2 N–H and O–H groups in total. The molecule has 5 nitrogen and oxygen atoms in total. The molecular formula is C40H29N5S. The van der Waals surface area contributed by atoms with Crippen molar-refractivity contribution in [2.45, 2.75) is 16.4 Å². The van der Waals surface area contributed by atoms with Crippen molar-refractivity contribution >= 4 is 50.9 Å². The molecule has 6 heteroatoms. The predicted molar refractivity (Wildman–Crippen MR) is 191 cm³/mol. The fourth-order valence-corrected chi connectivity index (χ4v) is 7.63. The standard InChI is InChI=1S/C40H29N5S/c1-4-13-26(14-5-1)37-42-38(27-15-6-2-7-16-27)44-39(43-37)29-19-12-20-30(23-29)45-34-22-11-10-21-31(34)32-24-36-33(25-35(32)45)41-40(46-36)28-17-8-3-9-18-28/h1-25,39-41H,(H,42,43,44). The van der Waals surface area contributed by atoms with Crippen LogP contribution in [0.15, 0.2) is 167 Å². The minimum absolute atomic E-state index is 0.194. The normalized spacial score (nSPS) is 16.0. The lowest BCUT2D eigenvalue weighted by molar-refractivity contribution is 0.755. The molecule has 2 aliphatic heterocycles. The van der Waals surface area contributed by atoms with Gasteiger partial charge in [-0.3, -0.25) is 0 Å². The zero-order chi connectivity index (χ0) is 30.5. The maximum absolute atomic E-state index is 5.13. The Balaban J connectivity index is 1.17. The summed E-state index contributed by atoms with van der Waals surface area (Å²) in [6.45, 7) is 0. The second kappa shape index (κ2) is 11.1. The molecule has 220 valence electrons. The van der Waals surface area contributed by atoms with Crippen molar-refractivity contribution in [2.24, 2.45) is 9.98 Å². The van der Waals surface area contributed by atoms with Crippen molar-refractivity contribution in [3.05, 3.63) is 174 Å². The van der Waals surface area contributed by atoms with Crippen LogP contribution in [0, 0.1) is 0 Å². The highest BCUT2D eigenvalue weighted by Crippen LogP contribution is 2.49. The summed E-state index contributed by atoms with van der Waals surface area (Å²) in [4.78, 5) is 11.5. The number of fused-ring (bicyclic) bond motifs is 4. The van der Waals surface area contributed by atoms with Gasteiger partial charge in [-0.1, -0.05) is 133 Å². The number of nitrogens with one attached hydrogen (secondary N) is 2. The van der Waals surface area contributed by atoms with Crippen LogP contribution in [0.3, 0.4) is 0 Å². The monoisotopic (exact) mass is 611 g/mol. The van der Waals surface area contributed by atoms with Gasteiger partial charge in [-0.15, -0.1) is 0 Å². The van der Waals surface area contributed by atoms with Crippen LogP contribution in [0.1, 0.15) is 33.8 Å². The van der Waals surface area contributed by atoms with Gasteiger partial charge in [0.1, 0.15) is 17.0 Å². The minimum atomic E-state index is -0.395. The van der Waals surface area contributed by atoms with E-state index in [1.807, 2.05) is 48.2 Å². The molecule has 0 radical (unpaired) electrons. The fraction of sp³-hybridized carbons (Fsp3) is 0.0500. The van der Waals surface area contributed by atoms with E-state index >= 15 is 0 Å². The van der Waals surface area contributed by atoms with Crippen molar-refractivity contribution in [3.63, 3.8) is 0 Å². The number of anilines is 1. The Bertz CT molecular complexity index is 2240. The average Bonchev–Trinajstić information content (AvgIpc) is 3.70. The Morgan fingerprint density at radius 1 is 0.543 bits per heavy atom. The third kappa shape index (κ3) is 4.66. The van der Waals surface area contributed by atoms with Gasteiger partial charge in [0.05, 0.1) is 16.7 Å². The van der Waals surface area contributed by atoms with Gasteiger partial charge in [0.15, 0.2) is 6.17 Å². The molecule has 2 aliphatic rings. The van der Waals surface area contributed by atoms with Gasteiger partial charge in [-0.05, 0) is 35.9 Å². The zero-order valence-corrected chi connectivity index (χ0v) is 25.7. The second-order valence-electron chi connectivity index (χ2n) is 11.6. The highest BCUT2D eigenvalue weighted by molar-refractivity contribution is 8.00.